The van der Waals surface area contributed by atoms with Gasteiger partial charge in [0.15, 0.2) is 0 Å². The molecular formula is C5H17N2OP5. The Morgan fingerprint density at radius 1 is 1.54 bits per heavy atom. The Kier molecular flexibility index (Phi) is 6.63. The highest BCUT2D eigenvalue weighted by molar-refractivity contribution is 8.42. The Labute approximate surface area is 89.5 Å². The second-order valence-corrected chi connectivity index (χ2v) is 11.1. The van der Waals surface area contributed by atoms with E-state index < -0.39 is 0 Å². The fourth-order valence-corrected chi connectivity index (χ4v) is 3.73. The Bertz CT molecular complexity index is 160. The highest BCUT2D eigenvalue weighted by atomic mass is 32.4. The quantitative estimate of drug-likeness (QED) is 0.758. The van der Waals surface area contributed by atoms with E-state index in [9.17, 15) is 5.11 Å². The Hall–Kier alpha value is 2.03. The van der Waals surface area contributed by atoms with Crippen LogP contribution in [0, 0.1) is 5.92 Å². The van der Waals surface area contributed by atoms with Gasteiger partial charge in [0, 0.05) is 25.6 Å². The largest absolute Gasteiger partial charge is 0.391 e. The van der Waals surface area contributed by atoms with E-state index in [1.165, 1.54) is 0 Å². The third-order valence-electron chi connectivity index (χ3n) is 2.13. The van der Waals surface area contributed by atoms with Crippen LogP contribution in [0.25, 0.3) is 0 Å². The average molecular weight is 276 g/mol. The van der Waals surface area contributed by atoms with Crippen molar-refractivity contribution in [2.45, 2.75) is 6.10 Å². The van der Waals surface area contributed by atoms with Gasteiger partial charge in [0.25, 0.3) is 0 Å². The van der Waals surface area contributed by atoms with Crippen molar-refractivity contribution in [3.05, 3.63) is 0 Å². The number of nitrogens with one attached hydrogen (secondary N) is 1. The minimum atomic E-state index is -0.203. The predicted octanol–water partition coefficient (Wildman–Crippen LogP) is 1.23. The van der Waals surface area contributed by atoms with Gasteiger partial charge in [-0.2, -0.15) is 0 Å². The first kappa shape index (κ1) is 13.1. The molecule has 0 aromatic carbocycles. The SMILES string of the molecule is O[C@H]1CN(PP)C[C@H]1CNP(P)P. The summed E-state index contributed by atoms with van der Waals surface area (Å²) in [6.45, 7) is 2.78. The number of nitrogens with zero attached hydrogens (tertiary/aromatic N) is 1. The summed E-state index contributed by atoms with van der Waals surface area (Å²) in [6.07, 6.45) is -0.148. The lowest BCUT2D eigenvalue weighted by Crippen LogP contribution is -2.26. The summed E-state index contributed by atoms with van der Waals surface area (Å²) in [5, 5.41) is 13.1. The molecule has 2 N–H and O–H groups in total. The third-order valence-corrected chi connectivity index (χ3v) is 5.59. The van der Waals surface area contributed by atoms with Gasteiger partial charge in [-0.1, -0.05) is 26.8 Å². The number of aliphatic hydroxyl groups excluding tert-OH is 1. The standard InChI is InChI=1S/C5H17N2OP5/c8-5-3-7(12-9)2-4(5)1-6-13(10)11/h4-6,8,12H,1-3,9-11H2/t4-,5+/m1/s1. The fraction of sp³-hybridized carbons (Fsp3) is 1.00. The molecule has 3 nitrogen and oxygen atoms in total. The first-order valence-electron chi connectivity index (χ1n) is 4.05. The van der Waals surface area contributed by atoms with Crippen LogP contribution in [0.4, 0.5) is 0 Å². The summed E-state index contributed by atoms with van der Waals surface area (Å²) in [4.78, 5) is 0. The molecule has 1 aliphatic rings. The zero-order valence-corrected chi connectivity index (χ0v) is 12.7. The topological polar surface area (TPSA) is 35.5 Å². The van der Waals surface area contributed by atoms with Gasteiger partial charge >= 0.3 is 0 Å². The Morgan fingerprint density at radius 3 is 2.69 bits per heavy atom. The van der Waals surface area contributed by atoms with Crippen LogP contribution in [-0.2, 0) is 0 Å². The number of hydrogen-bond acceptors (Lipinski definition) is 3. The van der Waals surface area contributed by atoms with Crippen LogP contribution in [0.2, 0.25) is 0 Å². The Morgan fingerprint density at radius 2 is 2.23 bits per heavy atom. The maximum Gasteiger partial charge on any atom is 0.0723 e. The summed E-state index contributed by atoms with van der Waals surface area (Å²) in [7, 11) is 8.74. The molecule has 1 aliphatic heterocycles. The molecule has 0 bridgehead atoms. The van der Waals surface area contributed by atoms with Gasteiger partial charge in [0.2, 0.25) is 0 Å². The molecule has 0 amide bonds. The second kappa shape index (κ2) is 6.58. The summed E-state index contributed by atoms with van der Waals surface area (Å²) in [5.41, 5.74) is 0. The summed E-state index contributed by atoms with van der Waals surface area (Å²) in [6, 6.07) is 0. The van der Waals surface area contributed by atoms with E-state index >= 15 is 0 Å². The predicted molar refractivity (Wildman–Crippen MR) is 73.4 cm³/mol. The minimum absolute atomic E-state index is 0.148. The zero-order valence-electron chi connectivity index (χ0n) is 7.35. The van der Waals surface area contributed by atoms with Crippen molar-refractivity contribution in [3.63, 3.8) is 0 Å². The van der Waals surface area contributed by atoms with E-state index in [2.05, 4.69) is 36.5 Å². The molecule has 0 aromatic heterocycles. The van der Waals surface area contributed by atoms with Gasteiger partial charge in [-0.05, 0) is 15.9 Å². The van der Waals surface area contributed by atoms with Crippen molar-refractivity contribution in [2.75, 3.05) is 19.6 Å². The molecule has 78 valence electrons. The molecule has 4 unspecified atom stereocenters. The first-order valence-corrected chi connectivity index (χ1v) is 11.4. The van der Waals surface area contributed by atoms with Crippen molar-refractivity contribution in [3.8, 4) is 0 Å². The molecule has 6 atom stereocenters. The Balaban J connectivity index is 2.26. The molecule has 0 radical (unpaired) electrons. The lowest BCUT2D eigenvalue weighted by atomic mass is 10.1. The van der Waals surface area contributed by atoms with Crippen molar-refractivity contribution < 1.29 is 5.11 Å². The molecular weight excluding hydrogens is 259 g/mol. The number of hydrogen-bond donors (Lipinski definition) is 2. The van der Waals surface area contributed by atoms with E-state index in [1.54, 1.807) is 0 Å². The van der Waals surface area contributed by atoms with Gasteiger partial charge in [-0.3, -0.25) is 9.76 Å². The molecule has 1 heterocycles. The second-order valence-electron chi connectivity index (χ2n) is 3.13. The third kappa shape index (κ3) is 4.59. The van der Waals surface area contributed by atoms with Crippen LogP contribution in [-0.4, -0.2) is 35.5 Å². The van der Waals surface area contributed by atoms with Crippen LogP contribution >= 0.6 is 42.7 Å². The average Bonchev–Trinajstić information content (AvgIpc) is 2.43. The van der Waals surface area contributed by atoms with Crippen molar-refractivity contribution in [1.82, 2.24) is 9.76 Å². The van der Waals surface area contributed by atoms with Gasteiger partial charge in [-0.15, -0.1) is 0 Å². The van der Waals surface area contributed by atoms with E-state index in [4.69, 9.17) is 0 Å². The molecule has 0 aliphatic carbocycles. The van der Waals surface area contributed by atoms with Crippen LogP contribution in [0.15, 0.2) is 0 Å². The van der Waals surface area contributed by atoms with Crippen molar-refractivity contribution >= 4 is 42.7 Å². The van der Waals surface area contributed by atoms with Crippen molar-refractivity contribution in [2.24, 2.45) is 5.92 Å². The van der Waals surface area contributed by atoms with Crippen LogP contribution in [0.1, 0.15) is 0 Å². The highest BCUT2D eigenvalue weighted by Crippen LogP contribution is 2.48. The molecule has 8 heteroatoms. The van der Waals surface area contributed by atoms with E-state index in [0.717, 1.165) is 28.1 Å². The molecule has 0 spiro atoms. The van der Waals surface area contributed by atoms with E-state index in [-0.39, 0.29) is 13.6 Å². The van der Waals surface area contributed by atoms with Crippen LogP contribution in [0.5, 0.6) is 0 Å². The fourth-order valence-electron chi connectivity index (χ4n) is 1.38. The molecule has 1 fully saturated rings. The monoisotopic (exact) mass is 276 g/mol. The van der Waals surface area contributed by atoms with Crippen molar-refractivity contribution in [1.29, 1.82) is 0 Å². The van der Waals surface area contributed by atoms with E-state index in [0.29, 0.717) is 5.92 Å². The highest BCUT2D eigenvalue weighted by Gasteiger charge is 2.30. The zero-order chi connectivity index (χ0) is 9.84. The minimum Gasteiger partial charge on any atom is -0.391 e. The van der Waals surface area contributed by atoms with E-state index in [1.807, 2.05) is 0 Å². The smallest absolute Gasteiger partial charge is 0.0723 e. The van der Waals surface area contributed by atoms with Crippen LogP contribution in [0.3, 0.4) is 0 Å². The number of β-amino-alcohol motifs (C(OH)–C–C–N with tert-alkyl or cyclic N) is 1. The molecule has 1 saturated heterocycles. The molecule has 0 saturated carbocycles. The number of aliphatic hydroxyl groups is 1. The maximum absolute atomic E-state index is 9.71. The molecule has 13 heavy (non-hydrogen) atoms. The maximum atomic E-state index is 9.71. The van der Waals surface area contributed by atoms with Gasteiger partial charge in [0.05, 0.1) is 6.10 Å². The van der Waals surface area contributed by atoms with Gasteiger partial charge < -0.3 is 5.11 Å². The van der Waals surface area contributed by atoms with Gasteiger partial charge in [0.1, 0.15) is 0 Å². The van der Waals surface area contributed by atoms with Crippen LogP contribution < -0.4 is 5.09 Å². The summed E-state index contributed by atoms with van der Waals surface area (Å²) < 4.78 is 2.29. The van der Waals surface area contributed by atoms with Gasteiger partial charge in [-0.25, -0.2) is 0 Å². The number of rotatable bonds is 4. The summed E-state index contributed by atoms with van der Waals surface area (Å²) >= 11 is 0. The molecule has 0 aromatic rings. The first-order chi connectivity index (χ1) is 6.13. The summed E-state index contributed by atoms with van der Waals surface area (Å²) in [5.74, 6) is 0.402. The normalized spacial score (nSPS) is 31.2. The lowest BCUT2D eigenvalue weighted by Gasteiger charge is -2.16. The molecule has 1 rings (SSSR count). The lowest BCUT2D eigenvalue weighted by molar-refractivity contribution is 0.148.